The molecular weight excluding hydrogens is 242 g/mol. The van der Waals surface area contributed by atoms with Crippen LogP contribution in [0.1, 0.15) is 32.1 Å². The molecule has 1 N–H and O–H groups in total. The van der Waals surface area contributed by atoms with Crippen LogP contribution < -0.4 is 5.32 Å². The molecule has 2 unspecified atom stereocenters. The number of hydrogen-bond donors (Lipinski definition) is 1. The highest BCUT2D eigenvalue weighted by atomic mass is 79.9. The lowest BCUT2D eigenvalue weighted by Gasteiger charge is -2.15. The van der Waals surface area contributed by atoms with Crippen LogP contribution >= 0.6 is 15.9 Å². The Balaban J connectivity index is 2.20. The van der Waals surface area contributed by atoms with Gasteiger partial charge in [-0.15, -0.1) is 0 Å². The molecule has 0 saturated heterocycles. The molecule has 0 aromatic carbocycles. The molecular formula is C11H16BrNO. The molecule has 0 amide bonds. The van der Waals surface area contributed by atoms with Crippen molar-refractivity contribution >= 4 is 15.9 Å². The molecule has 0 aliphatic heterocycles. The predicted octanol–water partition coefficient (Wildman–Crippen LogP) is 3.35. The first-order valence-electron chi connectivity index (χ1n) is 4.96. The Morgan fingerprint density at radius 3 is 2.64 bits per heavy atom. The highest BCUT2D eigenvalue weighted by Crippen LogP contribution is 2.58. The van der Waals surface area contributed by atoms with Crippen molar-refractivity contribution in [1.82, 2.24) is 5.32 Å². The second kappa shape index (κ2) is 3.38. The molecule has 1 heterocycles. The van der Waals surface area contributed by atoms with Gasteiger partial charge < -0.3 is 9.73 Å². The zero-order valence-corrected chi connectivity index (χ0v) is 10.4. The van der Waals surface area contributed by atoms with Gasteiger partial charge in [0.25, 0.3) is 0 Å². The van der Waals surface area contributed by atoms with Gasteiger partial charge in [-0.3, -0.25) is 0 Å². The molecule has 0 spiro atoms. The van der Waals surface area contributed by atoms with Gasteiger partial charge in [-0.25, -0.2) is 0 Å². The van der Waals surface area contributed by atoms with E-state index < -0.39 is 0 Å². The molecule has 2 nitrogen and oxygen atoms in total. The van der Waals surface area contributed by atoms with Crippen molar-refractivity contribution in [1.29, 1.82) is 0 Å². The average molecular weight is 258 g/mol. The normalized spacial score (nSPS) is 26.1. The Kier molecular flexibility index (Phi) is 2.48. The average Bonchev–Trinajstić information content (AvgIpc) is 2.55. The summed E-state index contributed by atoms with van der Waals surface area (Å²) in [4.78, 5) is 0. The number of rotatable bonds is 3. The minimum atomic E-state index is 0.342. The third-order valence-corrected chi connectivity index (χ3v) is 3.89. The maximum absolute atomic E-state index is 5.50. The standard InChI is InChI=1S/C11H16BrNO/c1-11(2)6-7(11)9(13-3)10-8(12)4-5-14-10/h4-5,7,9,13H,6H2,1-3H3. The lowest BCUT2D eigenvalue weighted by molar-refractivity contribution is 0.365. The lowest BCUT2D eigenvalue weighted by atomic mass is 10.0. The van der Waals surface area contributed by atoms with Crippen LogP contribution in [0.4, 0.5) is 0 Å². The Hall–Kier alpha value is -0.280. The van der Waals surface area contributed by atoms with Crippen molar-refractivity contribution in [2.75, 3.05) is 7.05 Å². The van der Waals surface area contributed by atoms with Crippen LogP contribution in [-0.2, 0) is 0 Å². The van der Waals surface area contributed by atoms with E-state index in [4.69, 9.17) is 4.42 Å². The molecule has 1 aliphatic rings. The van der Waals surface area contributed by atoms with E-state index in [0.29, 0.717) is 17.4 Å². The molecule has 1 saturated carbocycles. The summed E-state index contributed by atoms with van der Waals surface area (Å²) in [5.74, 6) is 1.72. The van der Waals surface area contributed by atoms with Gasteiger partial charge in [0.1, 0.15) is 5.76 Å². The SMILES string of the molecule is CNC(c1occc1Br)C1CC1(C)C. The molecule has 1 aromatic rings. The fourth-order valence-corrected chi connectivity index (χ4v) is 2.57. The van der Waals surface area contributed by atoms with E-state index in [1.165, 1.54) is 6.42 Å². The van der Waals surface area contributed by atoms with Gasteiger partial charge in [-0.05, 0) is 46.8 Å². The monoisotopic (exact) mass is 257 g/mol. The summed E-state index contributed by atoms with van der Waals surface area (Å²) < 4.78 is 6.57. The van der Waals surface area contributed by atoms with Gasteiger partial charge in [0.15, 0.2) is 0 Å². The maximum atomic E-state index is 5.50. The molecule has 14 heavy (non-hydrogen) atoms. The number of hydrogen-bond acceptors (Lipinski definition) is 2. The predicted molar refractivity (Wildman–Crippen MR) is 60.1 cm³/mol. The number of halogens is 1. The van der Waals surface area contributed by atoms with E-state index in [0.717, 1.165) is 10.2 Å². The van der Waals surface area contributed by atoms with Crippen LogP contribution in [0.2, 0.25) is 0 Å². The molecule has 1 aliphatic carbocycles. The smallest absolute Gasteiger partial charge is 0.135 e. The van der Waals surface area contributed by atoms with Crippen LogP contribution in [0.15, 0.2) is 21.2 Å². The van der Waals surface area contributed by atoms with Crippen molar-refractivity contribution in [2.45, 2.75) is 26.3 Å². The van der Waals surface area contributed by atoms with Gasteiger partial charge in [0.05, 0.1) is 16.8 Å². The fraction of sp³-hybridized carbons (Fsp3) is 0.636. The highest BCUT2D eigenvalue weighted by Gasteiger charge is 2.51. The van der Waals surface area contributed by atoms with Crippen LogP contribution in [0.25, 0.3) is 0 Å². The summed E-state index contributed by atoms with van der Waals surface area (Å²) in [5, 5.41) is 3.34. The fourth-order valence-electron chi connectivity index (χ4n) is 2.12. The Labute approximate surface area is 93.2 Å². The summed E-state index contributed by atoms with van der Waals surface area (Å²) in [6.07, 6.45) is 3.00. The van der Waals surface area contributed by atoms with Crippen molar-refractivity contribution in [3.05, 3.63) is 22.6 Å². The van der Waals surface area contributed by atoms with Gasteiger partial charge in [-0.2, -0.15) is 0 Å². The van der Waals surface area contributed by atoms with Gasteiger partial charge in [-0.1, -0.05) is 13.8 Å². The quantitative estimate of drug-likeness (QED) is 0.899. The third-order valence-electron chi connectivity index (χ3n) is 3.23. The molecule has 0 radical (unpaired) electrons. The molecule has 3 heteroatoms. The van der Waals surface area contributed by atoms with Gasteiger partial charge in [0, 0.05) is 0 Å². The molecule has 1 aromatic heterocycles. The summed E-state index contributed by atoms with van der Waals surface area (Å²) in [5.41, 5.74) is 0.458. The van der Waals surface area contributed by atoms with Crippen LogP contribution in [0.3, 0.4) is 0 Å². The molecule has 2 rings (SSSR count). The Bertz CT molecular complexity index is 332. The zero-order valence-electron chi connectivity index (χ0n) is 8.80. The second-order valence-corrected chi connectivity index (χ2v) is 5.55. The molecule has 0 bridgehead atoms. The van der Waals surface area contributed by atoms with E-state index in [1.54, 1.807) is 6.26 Å². The summed E-state index contributed by atoms with van der Waals surface area (Å²) in [7, 11) is 1.99. The third kappa shape index (κ3) is 1.63. The second-order valence-electron chi connectivity index (χ2n) is 4.70. The van der Waals surface area contributed by atoms with E-state index in [-0.39, 0.29) is 0 Å². The summed E-state index contributed by atoms with van der Waals surface area (Å²) in [6, 6.07) is 2.30. The van der Waals surface area contributed by atoms with Gasteiger partial charge in [0.2, 0.25) is 0 Å². The van der Waals surface area contributed by atoms with Crippen molar-refractivity contribution in [2.24, 2.45) is 11.3 Å². The van der Waals surface area contributed by atoms with Crippen molar-refractivity contribution in [3.63, 3.8) is 0 Å². The first-order valence-corrected chi connectivity index (χ1v) is 5.75. The maximum Gasteiger partial charge on any atom is 0.135 e. The topological polar surface area (TPSA) is 25.2 Å². The van der Waals surface area contributed by atoms with Crippen molar-refractivity contribution in [3.8, 4) is 0 Å². The molecule has 78 valence electrons. The van der Waals surface area contributed by atoms with Gasteiger partial charge >= 0.3 is 0 Å². The largest absolute Gasteiger partial charge is 0.466 e. The van der Waals surface area contributed by atoms with Crippen LogP contribution in [0.5, 0.6) is 0 Å². The van der Waals surface area contributed by atoms with Crippen molar-refractivity contribution < 1.29 is 4.42 Å². The van der Waals surface area contributed by atoms with E-state index in [1.807, 2.05) is 13.1 Å². The Morgan fingerprint density at radius 1 is 1.64 bits per heavy atom. The molecule has 1 fully saturated rings. The highest BCUT2D eigenvalue weighted by molar-refractivity contribution is 9.10. The van der Waals surface area contributed by atoms with E-state index >= 15 is 0 Å². The Morgan fingerprint density at radius 2 is 2.29 bits per heavy atom. The zero-order chi connectivity index (χ0) is 10.3. The number of nitrogens with one attached hydrogen (secondary N) is 1. The summed E-state index contributed by atoms with van der Waals surface area (Å²) >= 11 is 3.51. The minimum absolute atomic E-state index is 0.342. The minimum Gasteiger partial charge on any atom is -0.466 e. The first-order chi connectivity index (χ1) is 6.56. The molecule has 2 atom stereocenters. The van der Waals surface area contributed by atoms with E-state index in [9.17, 15) is 0 Å². The number of furan rings is 1. The van der Waals surface area contributed by atoms with Crippen LogP contribution in [-0.4, -0.2) is 7.05 Å². The first kappa shape index (κ1) is 10.2. The summed E-state index contributed by atoms with van der Waals surface area (Å²) in [6.45, 7) is 4.61. The van der Waals surface area contributed by atoms with Crippen LogP contribution in [0, 0.1) is 11.3 Å². The lowest BCUT2D eigenvalue weighted by Crippen LogP contribution is -2.20. The van der Waals surface area contributed by atoms with E-state index in [2.05, 4.69) is 35.1 Å².